The van der Waals surface area contributed by atoms with Gasteiger partial charge in [0, 0.05) is 18.8 Å². The highest BCUT2D eigenvalue weighted by atomic mass is 35.5. The first-order valence-electron chi connectivity index (χ1n) is 3.22. The van der Waals surface area contributed by atoms with Crippen LogP contribution in [-0.2, 0) is 0 Å². The van der Waals surface area contributed by atoms with E-state index >= 15 is 0 Å². The molecule has 0 aliphatic carbocycles. The van der Waals surface area contributed by atoms with Crippen LogP contribution in [0.1, 0.15) is 0 Å². The van der Waals surface area contributed by atoms with Crippen molar-refractivity contribution in [3.63, 3.8) is 0 Å². The number of allylic oxidation sites excluding steroid dienone is 1. The molecule has 0 aromatic carbocycles. The Bertz CT molecular complexity index is 289. The second-order valence-corrected chi connectivity index (χ2v) is 2.55. The Morgan fingerprint density at radius 1 is 1.67 bits per heavy atom. The summed E-state index contributed by atoms with van der Waals surface area (Å²) in [6.45, 7) is 0. The number of aliphatic imine (C=N–C) groups is 2. The molecule has 1 aliphatic heterocycles. The van der Waals surface area contributed by atoms with Crippen molar-refractivity contribution in [2.75, 3.05) is 7.05 Å². The second kappa shape index (κ2) is 4.28. The Morgan fingerprint density at radius 2 is 2.42 bits per heavy atom. The van der Waals surface area contributed by atoms with Gasteiger partial charge in [-0.1, -0.05) is 11.6 Å². The third-order valence-corrected chi connectivity index (χ3v) is 1.73. The van der Waals surface area contributed by atoms with Crippen molar-refractivity contribution in [1.82, 2.24) is 5.32 Å². The number of hydrogen-bond donors (Lipinski definition) is 1. The normalized spacial score (nSPS) is 23.8. The van der Waals surface area contributed by atoms with Crippen molar-refractivity contribution >= 4 is 34.2 Å². The maximum Gasteiger partial charge on any atom is 0.218 e. The van der Waals surface area contributed by atoms with Gasteiger partial charge in [0.05, 0.1) is 11.4 Å². The zero-order chi connectivity index (χ0) is 8.97. The molecule has 1 N–H and O–H groups in total. The fraction of sp³-hybridized carbons (Fsp3) is 0.143. The van der Waals surface area contributed by atoms with Crippen molar-refractivity contribution in [3.8, 4) is 0 Å². The number of nitrogens with one attached hydrogen (secondary N) is 1. The van der Waals surface area contributed by atoms with Crippen molar-refractivity contribution in [3.05, 3.63) is 23.5 Å². The van der Waals surface area contributed by atoms with Crippen LogP contribution in [0, 0.1) is 0 Å². The van der Waals surface area contributed by atoms with Crippen LogP contribution in [0.5, 0.6) is 0 Å². The van der Waals surface area contributed by atoms with Gasteiger partial charge in [0.15, 0.2) is 0 Å². The zero-order valence-electron chi connectivity index (χ0n) is 6.38. The molecule has 12 heavy (non-hydrogen) atoms. The lowest BCUT2D eigenvalue weighted by molar-refractivity contribution is 1.18. The van der Waals surface area contributed by atoms with E-state index in [2.05, 4.69) is 15.3 Å². The fourth-order valence-corrected chi connectivity index (χ4v) is 0.974. The molecule has 0 saturated carbocycles. The van der Waals surface area contributed by atoms with Crippen LogP contribution in [0.4, 0.5) is 0 Å². The number of hydrogen-bond acceptors (Lipinski definition) is 2. The SMILES string of the molecule is C\N=C(Cl)/N=C1/C=CN/C1=C\Cl. The molecule has 0 atom stereocenters. The van der Waals surface area contributed by atoms with Crippen LogP contribution in [0.25, 0.3) is 0 Å². The molecule has 1 aliphatic rings. The van der Waals surface area contributed by atoms with E-state index in [1.165, 1.54) is 5.54 Å². The number of amidine groups is 1. The van der Waals surface area contributed by atoms with Gasteiger partial charge in [-0.15, -0.1) is 0 Å². The van der Waals surface area contributed by atoms with E-state index in [0.29, 0.717) is 5.71 Å². The van der Waals surface area contributed by atoms with Gasteiger partial charge in [-0.2, -0.15) is 0 Å². The number of nitrogens with zero attached hydrogens (tertiary/aromatic N) is 2. The van der Waals surface area contributed by atoms with Crippen molar-refractivity contribution < 1.29 is 0 Å². The standard InChI is InChI=1S/C7H7Cl2N3/c1-10-7(9)12-5-2-3-11-6(5)4-8/h2-4,11H,1H3/b6-4-,10-7-,12-5-. The highest BCUT2D eigenvalue weighted by molar-refractivity contribution is 6.66. The first-order valence-corrected chi connectivity index (χ1v) is 4.04. The Hall–Kier alpha value is -0.800. The molecular formula is C7H7Cl2N3. The van der Waals surface area contributed by atoms with Gasteiger partial charge in [-0.05, 0) is 17.7 Å². The predicted molar refractivity (Wildman–Crippen MR) is 52.9 cm³/mol. The van der Waals surface area contributed by atoms with Gasteiger partial charge < -0.3 is 5.32 Å². The summed E-state index contributed by atoms with van der Waals surface area (Å²) in [6.07, 6.45) is 3.49. The highest BCUT2D eigenvalue weighted by Crippen LogP contribution is 2.06. The molecule has 0 radical (unpaired) electrons. The Balaban J connectivity index is 2.88. The van der Waals surface area contributed by atoms with Crippen molar-refractivity contribution in [2.45, 2.75) is 0 Å². The van der Waals surface area contributed by atoms with E-state index in [1.807, 2.05) is 0 Å². The smallest absolute Gasteiger partial charge is 0.218 e. The molecule has 0 bridgehead atoms. The summed E-state index contributed by atoms with van der Waals surface area (Å²) in [6, 6.07) is 0. The van der Waals surface area contributed by atoms with Crippen LogP contribution in [0.15, 0.2) is 33.5 Å². The molecule has 0 unspecified atom stereocenters. The lowest BCUT2D eigenvalue weighted by Crippen LogP contribution is -2.05. The van der Waals surface area contributed by atoms with E-state index in [0.717, 1.165) is 5.70 Å². The quantitative estimate of drug-likeness (QED) is 0.365. The summed E-state index contributed by atoms with van der Waals surface area (Å²) in [4.78, 5) is 7.66. The molecule has 0 aromatic rings. The van der Waals surface area contributed by atoms with Crippen LogP contribution in [0.2, 0.25) is 0 Å². The fourth-order valence-electron chi connectivity index (χ4n) is 0.708. The molecule has 1 rings (SSSR count). The molecule has 0 aromatic heterocycles. The summed E-state index contributed by atoms with van der Waals surface area (Å²) in [5.41, 5.74) is 2.80. The molecule has 0 amide bonds. The minimum Gasteiger partial charge on any atom is -0.359 e. The summed E-state index contributed by atoms with van der Waals surface area (Å²) >= 11 is 11.1. The monoisotopic (exact) mass is 203 g/mol. The maximum atomic E-state index is 5.60. The summed E-state index contributed by atoms with van der Waals surface area (Å²) in [5.74, 6) is 0. The Kier molecular flexibility index (Phi) is 3.31. The van der Waals surface area contributed by atoms with Gasteiger partial charge in [0.2, 0.25) is 5.29 Å². The number of rotatable bonds is 0. The predicted octanol–water partition coefficient (Wildman–Crippen LogP) is 1.85. The molecular weight excluding hydrogens is 197 g/mol. The van der Waals surface area contributed by atoms with E-state index < -0.39 is 0 Å². The minimum atomic E-state index is 0.203. The molecule has 64 valence electrons. The van der Waals surface area contributed by atoms with Gasteiger partial charge in [0.25, 0.3) is 0 Å². The van der Waals surface area contributed by atoms with E-state index in [1.54, 1.807) is 19.3 Å². The van der Waals surface area contributed by atoms with E-state index in [-0.39, 0.29) is 5.29 Å². The average Bonchev–Trinajstić information content (AvgIpc) is 2.51. The second-order valence-electron chi connectivity index (χ2n) is 1.99. The number of halogens is 2. The lowest BCUT2D eigenvalue weighted by atomic mass is 10.3. The molecule has 0 fully saturated rings. The average molecular weight is 204 g/mol. The van der Waals surface area contributed by atoms with Crippen LogP contribution >= 0.6 is 23.2 Å². The molecule has 5 heteroatoms. The van der Waals surface area contributed by atoms with Gasteiger partial charge >= 0.3 is 0 Å². The first kappa shape index (κ1) is 9.29. The maximum absolute atomic E-state index is 5.60. The minimum absolute atomic E-state index is 0.203. The summed E-state index contributed by atoms with van der Waals surface area (Å²) in [7, 11) is 1.57. The van der Waals surface area contributed by atoms with Crippen LogP contribution in [-0.4, -0.2) is 18.1 Å². The van der Waals surface area contributed by atoms with Crippen LogP contribution in [0.3, 0.4) is 0 Å². The Morgan fingerprint density at radius 3 is 3.00 bits per heavy atom. The molecule has 0 saturated heterocycles. The summed E-state index contributed by atoms with van der Waals surface area (Å²) in [5, 5.41) is 3.09. The van der Waals surface area contributed by atoms with E-state index in [4.69, 9.17) is 23.2 Å². The van der Waals surface area contributed by atoms with Crippen molar-refractivity contribution in [2.24, 2.45) is 9.98 Å². The topological polar surface area (TPSA) is 36.8 Å². The summed E-state index contributed by atoms with van der Waals surface area (Å²) < 4.78 is 0. The lowest BCUT2D eigenvalue weighted by Gasteiger charge is -1.96. The van der Waals surface area contributed by atoms with Gasteiger partial charge in [0.1, 0.15) is 0 Å². The van der Waals surface area contributed by atoms with Gasteiger partial charge in [-0.3, -0.25) is 4.99 Å². The first-order chi connectivity index (χ1) is 5.77. The Labute approximate surface area is 80.5 Å². The zero-order valence-corrected chi connectivity index (χ0v) is 7.89. The van der Waals surface area contributed by atoms with Gasteiger partial charge in [-0.25, -0.2) is 4.99 Å². The molecule has 1 heterocycles. The third-order valence-electron chi connectivity index (χ3n) is 1.26. The van der Waals surface area contributed by atoms with E-state index in [9.17, 15) is 0 Å². The molecule has 3 nitrogen and oxygen atoms in total. The highest BCUT2D eigenvalue weighted by Gasteiger charge is 2.07. The van der Waals surface area contributed by atoms with Crippen molar-refractivity contribution in [1.29, 1.82) is 0 Å². The largest absolute Gasteiger partial charge is 0.359 e. The molecule has 0 spiro atoms. The van der Waals surface area contributed by atoms with Crippen LogP contribution < -0.4 is 5.32 Å². The third kappa shape index (κ3) is 2.09.